The van der Waals surface area contributed by atoms with E-state index >= 15 is 0 Å². The number of rotatable bonds is 1. The minimum atomic E-state index is -4.37. The van der Waals surface area contributed by atoms with Gasteiger partial charge in [0.2, 0.25) is 0 Å². The first kappa shape index (κ1) is 14.7. The number of nitrogens with zero attached hydrogens (tertiary/aromatic N) is 1. The first-order valence-electron chi connectivity index (χ1n) is 6.72. The molecular weight excluding hydrogens is 301 g/mol. The Morgan fingerprint density at radius 3 is 2.62 bits per heavy atom. The SMILES string of the molecule is FC(F)(F)c1ccccc1NC1=NC2(CCOCC2)CS1. The van der Waals surface area contributed by atoms with E-state index in [1.165, 1.54) is 23.9 Å². The fourth-order valence-corrected chi connectivity index (χ4v) is 3.71. The number of ether oxygens (including phenoxy) is 1. The molecule has 0 atom stereocenters. The van der Waals surface area contributed by atoms with Crippen molar-refractivity contribution in [3.63, 3.8) is 0 Å². The highest BCUT2D eigenvalue weighted by Gasteiger charge is 2.38. The maximum absolute atomic E-state index is 13.0. The van der Waals surface area contributed by atoms with Gasteiger partial charge >= 0.3 is 6.18 Å². The van der Waals surface area contributed by atoms with E-state index in [-0.39, 0.29) is 11.2 Å². The van der Waals surface area contributed by atoms with Gasteiger partial charge in [0, 0.05) is 19.0 Å². The first-order valence-corrected chi connectivity index (χ1v) is 7.71. The topological polar surface area (TPSA) is 33.6 Å². The molecule has 3 rings (SSSR count). The molecule has 1 aromatic rings. The summed E-state index contributed by atoms with van der Waals surface area (Å²) in [6.45, 7) is 1.33. The lowest BCUT2D eigenvalue weighted by Crippen LogP contribution is -2.34. The third kappa shape index (κ3) is 3.18. The molecule has 0 amide bonds. The van der Waals surface area contributed by atoms with Crippen molar-refractivity contribution in [1.82, 2.24) is 0 Å². The number of para-hydroxylation sites is 1. The lowest BCUT2D eigenvalue weighted by atomic mass is 9.93. The van der Waals surface area contributed by atoms with Gasteiger partial charge in [0.1, 0.15) is 0 Å². The number of alkyl halides is 3. The van der Waals surface area contributed by atoms with Crippen LogP contribution in [0, 0.1) is 0 Å². The van der Waals surface area contributed by atoms with Crippen LogP contribution in [0.2, 0.25) is 0 Å². The molecule has 0 bridgehead atoms. The molecule has 1 aromatic carbocycles. The third-order valence-electron chi connectivity index (χ3n) is 3.71. The lowest BCUT2D eigenvalue weighted by molar-refractivity contribution is -0.136. The largest absolute Gasteiger partial charge is 0.418 e. The summed E-state index contributed by atoms with van der Waals surface area (Å²) < 4.78 is 44.2. The number of halogens is 3. The zero-order valence-electron chi connectivity index (χ0n) is 11.2. The Labute approximate surface area is 125 Å². The molecule has 7 heteroatoms. The molecule has 0 saturated carbocycles. The molecule has 0 aromatic heterocycles. The zero-order valence-corrected chi connectivity index (χ0v) is 12.1. The minimum Gasteiger partial charge on any atom is -0.381 e. The van der Waals surface area contributed by atoms with E-state index in [0.717, 1.165) is 24.7 Å². The van der Waals surface area contributed by atoms with Gasteiger partial charge in [0.25, 0.3) is 0 Å². The molecule has 0 radical (unpaired) electrons. The number of amidine groups is 1. The highest BCUT2D eigenvalue weighted by Crippen LogP contribution is 2.38. The van der Waals surface area contributed by atoms with Crippen molar-refractivity contribution in [3.05, 3.63) is 29.8 Å². The van der Waals surface area contributed by atoms with Crippen LogP contribution in [0.4, 0.5) is 18.9 Å². The van der Waals surface area contributed by atoms with Crippen molar-refractivity contribution in [2.75, 3.05) is 24.3 Å². The molecule has 1 spiro atoms. The van der Waals surface area contributed by atoms with E-state index in [1.807, 2.05) is 0 Å². The third-order valence-corrected chi connectivity index (χ3v) is 4.86. The molecule has 1 fully saturated rings. The zero-order chi connectivity index (χ0) is 14.9. The van der Waals surface area contributed by atoms with Crippen LogP contribution in [0.15, 0.2) is 29.3 Å². The first-order chi connectivity index (χ1) is 9.99. The molecule has 2 aliphatic heterocycles. The van der Waals surface area contributed by atoms with Crippen LogP contribution in [0.3, 0.4) is 0 Å². The number of anilines is 1. The molecule has 3 nitrogen and oxygen atoms in total. The average molecular weight is 316 g/mol. The van der Waals surface area contributed by atoms with E-state index in [4.69, 9.17) is 4.74 Å². The van der Waals surface area contributed by atoms with E-state index in [1.54, 1.807) is 6.07 Å². The summed E-state index contributed by atoms with van der Waals surface area (Å²) in [6.07, 6.45) is -2.72. The van der Waals surface area contributed by atoms with Gasteiger partial charge in [0.15, 0.2) is 5.17 Å². The number of aliphatic imine (C=N–C) groups is 1. The summed E-state index contributed by atoms with van der Waals surface area (Å²) in [6, 6.07) is 5.48. The maximum atomic E-state index is 13.0. The van der Waals surface area contributed by atoms with Crippen LogP contribution < -0.4 is 5.32 Å². The van der Waals surface area contributed by atoms with Gasteiger partial charge in [-0.15, -0.1) is 0 Å². The molecule has 21 heavy (non-hydrogen) atoms. The second kappa shape index (κ2) is 5.53. The predicted molar refractivity (Wildman–Crippen MR) is 77.7 cm³/mol. The highest BCUT2D eigenvalue weighted by molar-refractivity contribution is 8.14. The Morgan fingerprint density at radius 2 is 1.90 bits per heavy atom. The van der Waals surface area contributed by atoms with Gasteiger partial charge in [0.05, 0.1) is 16.8 Å². The van der Waals surface area contributed by atoms with E-state index in [2.05, 4.69) is 10.3 Å². The number of thioether (sulfide) groups is 1. The average Bonchev–Trinajstić information content (AvgIpc) is 2.81. The highest BCUT2D eigenvalue weighted by atomic mass is 32.2. The quantitative estimate of drug-likeness (QED) is 0.856. The maximum Gasteiger partial charge on any atom is 0.418 e. The summed E-state index contributed by atoms with van der Waals surface area (Å²) in [7, 11) is 0. The Bertz CT molecular complexity index is 553. The fourth-order valence-electron chi connectivity index (χ4n) is 2.51. The number of benzene rings is 1. The fraction of sp³-hybridized carbons (Fsp3) is 0.500. The Hall–Kier alpha value is -1.21. The summed E-state index contributed by atoms with van der Waals surface area (Å²) in [4.78, 5) is 4.62. The second-order valence-electron chi connectivity index (χ2n) is 5.21. The van der Waals surface area contributed by atoms with Gasteiger partial charge < -0.3 is 10.1 Å². The Kier molecular flexibility index (Phi) is 3.88. The molecule has 0 aliphatic carbocycles. The van der Waals surface area contributed by atoms with Crippen molar-refractivity contribution >= 4 is 22.6 Å². The molecule has 114 valence electrons. The summed E-state index contributed by atoms with van der Waals surface area (Å²) in [5.74, 6) is 0.798. The lowest BCUT2D eigenvalue weighted by Gasteiger charge is -2.29. The van der Waals surface area contributed by atoms with Crippen LogP contribution in [0.5, 0.6) is 0 Å². The van der Waals surface area contributed by atoms with Crippen molar-refractivity contribution in [3.8, 4) is 0 Å². The molecule has 2 heterocycles. The molecule has 1 saturated heterocycles. The van der Waals surface area contributed by atoms with Gasteiger partial charge in [-0.2, -0.15) is 13.2 Å². The predicted octanol–water partition coefficient (Wildman–Crippen LogP) is 3.77. The molecule has 2 aliphatic rings. The Balaban J connectivity index is 1.80. The van der Waals surface area contributed by atoms with E-state index < -0.39 is 11.7 Å². The van der Waals surface area contributed by atoms with Crippen LogP contribution in [-0.2, 0) is 10.9 Å². The van der Waals surface area contributed by atoms with Gasteiger partial charge in [-0.25, -0.2) is 0 Å². The summed E-state index contributed by atoms with van der Waals surface area (Å²) >= 11 is 1.48. The number of hydrogen-bond donors (Lipinski definition) is 1. The van der Waals surface area contributed by atoms with Gasteiger partial charge in [-0.3, -0.25) is 4.99 Å². The smallest absolute Gasteiger partial charge is 0.381 e. The Morgan fingerprint density at radius 1 is 1.19 bits per heavy atom. The van der Waals surface area contributed by atoms with Crippen LogP contribution in [0.25, 0.3) is 0 Å². The minimum absolute atomic E-state index is 0.0559. The monoisotopic (exact) mass is 316 g/mol. The molecular formula is C14H15F3N2OS. The number of hydrogen-bond acceptors (Lipinski definition) is 4. The summed E-state index contributed by atoms with van der Waals surface area (Å²) in [5.41, 5.74) is -0.778. The summed E-state index contributed by atoms with van der Waals surface area (Å²) in [5, 5.41) is 3.40. The van der Waals surface area contributed by atoms with E-state index in [9.17, 15) is 13.2 Å². The molecule has 0 unspecified atom stereocenters. The second-order valence-corrected chi connectivity index (χ2v) is 6.17. The van der Waals surface area contributed by atoms with Crippen LogP contribution in [0.1, 0.15) is 18.4 Å². The standard InChI is InChI=1S/C14H15F3N2OS/c15-14(16,17)10-3-1-2-4-11(10)18-12-19-13(9-21-12)5-7-20-8-6-13/h1-4H,5-9H2,(H,18,19). The van der Waals surface area contributed by atoms with Crippen molar-refractivity contribution < 1.29 is 17.9 Å². The van der Waals surface area contributed by atoms with Crippen molar-refractivity contribution in [1.29, 1.82) is 0 Å². The van der Waals surface area contributed by atoms with E-state index in [0.29, 0.717) is 18.4 Å². The van der Waals surface area contributed by atoms with Crippen LogP contribution >= 0.6 is 11.8 Å². The molecule has 1 N–H and O–H groups in total. The van der Waals surface area contributed by atoms with Gasteiger partial charge in [-0.1, -0.05) is 23.9 Å². The van der Waals surface area contributed by atoms with Gasteiger partial charge in [-0.05, 0) is 25.0 Å². The van der Waals surface area contributed by atoms with Crippen molar-refractivity contribution in [2.45, 2.75) is 24.6 Å². The van der Waals surface area contributed by atoms with Crippen molar-refractivity contribution in [2.24, 2.45) is 4.99 Å². The van der Waals surface area contributed by atoms with Crippen LogP contribution in [-0.4, -0.2) is 29.7 Å². The number of nitrogens with one attached hydrogen (secondary N) is 1. The normalized spacial score (nSPS) is 21.4.